The highest BCUT2D eigenvalue weighted by Gasteiger charge is 2.32. The molecule has 110 valence electrons. The molecular weight excluding hydrogens is 254 g/mol. The lowest BCUT2D eigenvalue weighted by atomic mass is 9.75. The number of rotatable bonds is 3. The Morgan fingerprint density at radius 1 is 1.25 bits per heavy atom. The molecule has 1 saturated carbocycles. The molecular formula is C14H23N5O. The van der Waals surface area contributed by atoms with E-state index in [9.17, 15) is 0 Å². The third-order valence-corrected chi connectivity index (χ3v) is 4.72. The highest BCUT2D eigenvalue weighted by molar-refractivity contribution is 5.64. The molecule has 0 amide bonds. The van der Waals surface area contributed by atoms with E-state index in [-0.39, 0.29) is 0 Å². The molecule has 0 spiro atoms. The van der Waals surface area contributed by atoms with Gasteiger partial charge in [-0.1, -0.05) is 19.3 Å². The molecule has 0 aromatic carbocycles. The van der Waals surface area contributed by atoms with Gasteiger partial charge in [0.15, 0.2) is 11.6 Å². The smallest absolute Gasteiger partial charge is 0.205 e. The summed E-state index contributed by atoms with van der Waals surface area (Å²) in [6, 6.07) is 0. The van der Waals surface area contributed by atoms with Gasteiger partial charge < -0.3 is 15.1 Å². The first-order valence-corrected chi connectivity index (χ1v) is 7.44. The first kappa shape index (κ1) is 13.4. The van der Waals surface area contributed by atoms with Gasteiger partial charge in [0.1, 0.15) is 6.33 Å². The fraction of sp³-hybridized carbons (Fsp3) is 0.714. The lowest BCUT2D eigenvalue weighted by Gasteiger charge is -2.42. The van der Waals surface area contributed by atoms with Gasteiger partial charge in [0.25, 0.3) is 0 Å². The molecule has 0 radical (unpaired) electrons. The standard InChI is InChI=1S/C14H23N5O/c1-20-12-13(18-15)16-9-17-14(12)19-7-6-10-4-2-3-5-11(10)8-19/h9-11H,2-8,15H2,1H3,(H,16,17,18). The third kappa shape index (κ3) is 2.40. The lowest BCUT2D eigenvalue weighted by Crippen LogP contribution is -2.42. The zero-order valence-electron chi connectivity index (χ0n) is 12.0. The van der Waals surface area contributed by atoms with Gasteiger partial charge in [0.05, 0.1) is 7.11 Å². The van der Waals surface area contributed by atoms with Crippen LogP contribution in [-0.4, -0.2) is 30.2 Å². The molecule has 0 bridgehead atoms. The molecule has 2 unspecified atom stereocenters. The van der Waals surface area contributed by atoms with Gasteiger partial charge in [0.2, 0.25) is 5.75 Å². The highest BCUT2D eigenvalue weighted by Crippen LogP contribution is 2.40. The van der Waals surface area contributed by atoms with E-state index in [1.54, 1.807) is 13.4 Å². The molecule has 1 aliphatic carbocycles. The fourth-order valence-corrected chi connectivity index (χ4v) is 3.67. The van der Waals surface area contributed by atoms with Crippen LogP contribution in [0.3, 0.4) is 0 Å². The van der Waals surface area contributed by atoms with Crippen LogP contribution < -0.4 is 20.9 Å². The maximum Gasteiger partial charge on any atom is 0.205 e. The molecule has 1 saturated heterocycles. The van der Waals surface area contributed by atoms with Crippen LogP contribution in [-0.2, 0) is 0 Å². The molecule has 2 aliphatic rings. The second-order valence-electron chi connectivity index (χ2n) is 5.76. The largest absolute Gasteiger partial charge is 0.490 e. The Bertz CT molecular complexity index is 467. The third-order valence-electron chi connectivity index (χ3n) is 4.72. The van der Waals surface area contributed by atoms with Crippen molar-refractivity contribution < 1.29 is 4.74 Å². The summed E-state index contributed by atoms with van der Waals surface area (Å²) in [5, 5.41) is 0. The Labute approximate surface area is 119 Å². The summed E-state index contributed by atoms with van der Waals surface area (Å²) in [6.07, 6.45) is 8.31. The van der Waals surface area contributed by atoms with E-state index in [4.69, 9.17) is 10.6 Å². The minimum absolute atomic E-state index is 0.545. The number of nitrogens with two attached hydrogens (primary N) is 1. The van der Waals surface area contributed by atoms with E-state index in [0.717, 1.165) is 30.7 Å². The predicted octanol–water partition coefficient (Wildman–Crippen LogP) is 1.79. The van der Waals surface area contributed by atoms with Crippen molar-refractivity contribution in [3.63, 3.8) is 0 Å². The van der Waals surface area contributed by atoms with Crippen LogP contribution in [0.2, 0.25) is 0 Å². The summed E-state index contributed by atoms with van der Waals surface area (Å²) in [5.41, 5.74) is 2.58. The Morgan fingerprint density at radius 2 is 2.05 bits per heavy atom. The first-order valence-electron chi connectivity index (χ1n) is 7.44. The van der Waals surface area contributed by atoms with Crippen molar-refractivity contribution >= 4 is 11.6 Å². The first-order chi connectivity index (χ1) is 9.83. The van der Waals surface area contributed by atoms with Gasteiger partial charge in [-0.25, -0.2) is 15.8 Å². The van der Waals surface area contributed by atoms with E-state index >= 15 is 0 Å². The maximum atomic E-state index is 5.49. The number of hydrogen-bond acceptors (Lipinski definition) is 6. The summed E-state index contributed by atoms with van der Waals surface area (Å²) < 4.78 is 5.45. The quantitative estimate of drug-likeness (QED) is 0.648. The number of nitrogen functional groups attached to an aromatic ring is 1. The lowest BCUT2D eigenvalue weighted by molar-refractivity contribution is 0.201. The van der Waals surface area contributed by atoms with E-state index < -0.39 is 0 Å². The maximum absolute atomic E-state index is 5.49. The van der Waals surface area contributed by atoms with Crippen LogP contribution in [0.5, 0.6) is 5.75 Å². The van der Waals surface area contributed by atoms with Crippen molar-refractivity contribution in [3.05, 3.63) is 6.33 Å². The summed E-state index contributed by atoms with van der Waals surface area (Å²) in [7, 11) is 1.64. The zero-order chi connectivity index (χ0) is 13.9. The van der Waals surface area contributed by atoms with E-state index in [1.807, 2.05) is 0 Å². The number of hydrogen-bond donors (Lipinski definition) is 2. The molecule has 2 heterocycles. The van der Waals surface area contributed by atoms with Gasteiger partial charge in [0, 0.05) is 13.1 Å². The fourth-order valence-electron chi connectivity index (χ4n) is 3.67. The van der Waals surface area contributed by atoms with Crippen molar-refractivity contribution in [3.8, 4) is 5.75 Å². The number of methoxy groups -OCH3 is 1. The Kier molecular flexibility index (Phi) is 3.91. The average molecular weight is 277 g/mol. The normalized spacial score (nSPS) is 26.0. The molecule has 20 heavy (non-hydrogen) atoms. The molecule has 2 atom stereocenters. The molecule has 3 N–H and O–H groups in total. The minimum Gasteiger partial charge on any atom is -0.490 e. The van der Waals surface area contributed by atoms with Crippen LogP contribution in [0.15, 0.2) is 6.33 Å². The van der Waals surface area contributed by atoms with Gasteiger partial charge in [-0.3, -0.25) is 0 Å². The second-order valence-corrected chi connectivity index (χ2v) is 5.76. The van der Waals surface area contributed by atoms with Gasteiger partial charge in [-0.2, -0.15) is 0 Å². The minimum atomic E-state index is 0.545. The Morgan fingerprint density at radius 3 is 2.80 bits per heavy atom. The van der Waals surface area contributed by atoms with Crippen molar-refractivity contribution in [2.75, 3.05) is 30.5 Å². The molecule has 2 fully saturated rings. The summed E-state index contributed by atoms with van der Waals surface area (Å²) >= 11 is 0. The monoisotopic (exact) mass is 277 g/mol. The predicted molar refractivity (Wildman–Crippen MR) is 78.7 cm³/mol. The van der Waals surface area contributed by atoms with Crippen molar-refractivity contribution in [1.82, 2.24) is 9.97 Å². The summed E-state index contributed by atoms with van der Waals surface area (Å²) in [6.45, 7) is 2.11. The van der Waals surface area contributed by atoms with Crippen LogP contribution in [0.4, 0.5) is 11.6 Å². The van der Waals surface area contributed by atoms with Crippen LogP contribution in [0, 0.1) is 11.8 Å². The molecule has 1 aliphatic heterocycles. The number of nitrogens with zero attached hydrogens (tertiary/aromatic N) is 3. The summed E-state index contributed by atoms with van der Waals surface area (Å²) in [5.74, 6) is 9.24. The number of fused-ring (bicyclic) bond motifs is 1. The molecule has 1 aromatic rings. The zero-order valence-corrected chi connectivity index (χ0v) is 12.0. The number of nitrogens with one attached hydrogen (secondary N) is 1. The molecule has 3 rings (SSSR count). The average Bonchev–Trinajstić information content (AvgIpc) is 2.53. The Balaban J connectivity index is 1.82. The van der Waals surface area contributed by atoms with E-state index in [1.165, 1.54) is 32.1 Å². The van der Waals surface area contributed by atoms with Crippen LogP contribution in [0.1, 0.15) is 32.1 Å². The van der Waals surface area contributed by atoms with E-state index in [2.05, 4.69) is 20.3 Å². The van der Waals surface area contributed by atoms with Gasteiger partial charge in [-0.15, -0.1) is 0 Å². The van der Waals surface area contributed by atoms with Gasteiger partial charge in [-0.05, 0) is 24.7 Å². The number of anilines is 2. The van der Waals surface area contributed by atoms with Crippen LogP contribution >= 0.6 is 0 Å². The van der Waals surface area contributed by atoms with Gasteiger partial charge >= 0.3 is 0 Å². The number of hydrazine groups is 1. The Hall–Kier alpha value is -1.56. The SMILES string of the molecule is COc1c(NN)ncnc1N1CCC2CCCCC2C1. The summed E-state index contributed by atoms with van der Waals surface area (Å²) in [4.78, 5) is 10.8. The molecule has 6 nitrogen and oxygen atoms in total. The molecule has 6 heteroatoms. The number of piperidine rings is 1. The molecule has 1 aromatic heterocycles. The second kappa shape index (κ2) is 5.83. The number of ether oxygens (including phenoxy) is 1. The number of aromatic nitrogens is 2. The topological polar surface area (TPSA) is 76.3 Å². The van der Waals surface area contributed by atoms with Crippen molar-refractivity contribution in [2.45, 2.75) is 32.1 Å². The van der Waals surface area contributed by atoms with E-state index in [0.29, 0.717) is 11.6 Å². The highest BCUT2D eigenvalue weighted by atomic mass is 16.5. The van der Waals surface area contributed by atoms with Crippen molar-refractivity contribution in [2.24, 2.45) is 17.7 Å². The van der Waals surface area contributed by atoms with Crippen molar-refractivity contribution in [1.29, 1.82) is 0 Å². The van der Waals surface area contributed by atoms with Crippen LogP contribution in [0.25, 0.3) is 0 Å².